The van der Waals surface area contributed by atoms with Crippen LogP contribution in [0.2, 0.25) is 0 Å². The fraction of sp³-hybridized carbons (Fsp3) is 0.667. The molecule has 0 unspecified atom stereocenters. The average molecular weight is 255 g/mol. The topological polar surface area (TPSA) is 38.0 Å². The molecule has 0 fully saturated rings. The molecule has 0 aromatic rings. The van der Waals surface area contributed by atoms with Gasteiger partial charge in [0.1, 0.15) is 0 Å². The van der Waals surface area contributed by atoms with E-state index in [0.29, 0.717) is 5.84 Å². The summed E-state index contributed by atoms with van der Waals surface area (Å²) in [5.41, 5.74) is 0. The average Bonchev–Trinajstić information content (AvgIpc) is 1.38. The van der Waals surface area contributed by atoms with Gasteiger partial charge in [0.15, 0.2) is 0 Å². The number of hydrogen-bond acceptors (Lipinski definition) is 1. The Hall–Kier alpha value is 0.158. The molecule has 0 aliphatic carbocycles. The molecule has 1 N–H and O–H groups in total. The number of rotatable bonds is 0. The van der Waals surface area contributed by atoms with Crippen molar-refractivity contribution in [2.75, 3.05) is 7.05 Å². The third kappa shape index (κ3) is 8.90. The van der Waals surface area contributed by atoms with Crippen LogP contribution in [0.25, 0.3) is 5.32 Å². The van der Waals surface area contributed by atoms with Crippen molar-refractivity contribution in [3.8, 4) is 0 Å². The first-order valence-electron chi connectivity index (χ1n) is 1.42. The first-order chi connectivity index (χ1) is 2.27. The van der Waals surface area contributed by atoms with Gasteiger partial charge >= 0.3 is 0 Å². The monoisotopic (exact) mass is 255 g/mol. The molecular weight excluding hydrogens is 248 g/mol. The number of amidine groups is 1. The predicted octanol–water partition coefficient (Wildman–Crippen LogP) is 0.985. The van der Waals surface area contributed by atoms with Crippen LogP contribution in [0, 0.1) is 5.41 Å². The van der Waals surface area contributed by atoms with Crippen LogP contribution in [0.3, 0.4) is 0 Å². The second-order valence-electron chi connectivity index (χ2n) is 0.809. The van der Waals surface area contributed by atoms with Crippen molar-refractivity contribution in [2.24, 2.45) is 0 Å². The minimum Gasteiger partial charge on any atom is -0.486 e. The van der Waals surface area contributed by atoms with Gasteiger partial charge in [0.05, 0.1) is 0 Å². The molecule has 0 aromatic carbocycles. The van der Waals surface area contributed by atoms with Gasteiger partial charge in [0, 0.05) is 21.1 Å². The molecule has 0 spiro atoms. The zero-order valence-electron chi connectivity index (χ0n) is 3.86. The summed E-state index contributed by atoms with van der Waals surface area (Å²) in [6, 6.07) is 0. The molecule has 0 saturated carbocycles. The van der Waals surface area contributed by atoms with E-state index in [9.17, 15) is 0 Å². The fourth-order valence-corrected chi connectivity index (χ4v) is 0. The molecule has 0 bridgehead atoms. The second kappa shape index (κ2) is 5.16. The first kappa shape index (κ1) is 9.48. The summed E-state index contributed by atoms with van der Waals surface area (Å²) >= 11 is 0. The van der Waals surface area contributed by atoms with E-state index < -0.39 is 0 Å². The van der Waals surface area contributed by atoms with Gasteiger partial charge in [0.25, 0.3) is 0 Å². The Balaban J connectivity index is 0. The summed E-state index contributed by atoms with van der Waals surface area (Å²) in [7, 11) is 1.60. The van der Waals surface area contributed by atoms with Crippen LogP contribution >= 0.6 is 0 Å². The van der Waals surface area contributed by atoms with Crippen LogP contribution in [-0.2, 0) is 21.1 Å². The van der Waals surface area contributed by atoms with Crippen molar-refractivity contribution in [3.63, 3.8) is 0 Å². The van der Waals surface area contributed by atoms with Gasteiger partial charge in [0.2, 0.25) is 0 Å². The van der Waals surface area contributed by atoms with E-state index in [1.54, 1.807) is 14.0 Å². The Morgan fingerprint density at radius 1 is 1.67 bits per heavy atom. The Kier molecular flexibility index (Phi) is 8.15. The van der Waals surface area contributed by atoms with Crippen LogP contribution in [0.4, 0.5) is 0 Å². The van der Waals surface area contributed by atoms with Crippen molar-refractivity contribution in [2.45, 2.75) is 6.92 Å². The molecule has 0 aliphatic rings. The smallest absolute Gasteiger partial charge is 0 e. The van der Waals surface area contributed by atoms with Crippen LogP contribution in [0.5, 0.6) is 0 Å². The summed E-state index contributed by atoms with van der Waals surface area (Å²) in [6.07, 6.45) is 0. The quantitative estimate of drug-likeness (QED) is 0.495. The third-order valence-corrected chi connectivity index (χ3v) is 0.335. The van der Waals surface area contributed by atoms with Gasteiger partial charge in [-0.15, -0.1) is 0 Å². The van der Waals surface area contributed by atoms with Crippen LogP contribution in [0.15, 0.2) is 0 Å². The summed E-state index contributed by atoms with van der Waals surface area (Å²) in [5, 5.41) is 10.0. The van der Waals surface area contributed by atoms with Crippen molar-refractivity contribution in [1.29, 1.82) is 5.41 Å². The minimum atomic E-state index is 0. The number of nitrogens with zero attached hydrogens (tertiary/aromatic N) is 1. The molecule has 0 amide bonds. The van der Waals surface area contributed by atoms with Gasteiger partial charge < -0.3 is 10.7 Å². The van der Waals surface area contributed by atoms with Gasteiger partial charge in [-0.1, -0.05) is 12.9 Å². The maximum absolute atomic E-state index is 6.58. The first-order valence-corrected chi connectivity index (χ1v) is 1.42. The molecule has 0 heterocycles. The maximum atomic E-state index is 6.58. The SMILES string of the molecule is C[N-]C(C)=N.[W]. The van der Waals surface area contributed by atoms with Crippen LogP contribution < -0.4 is 0 Å². The van der Waals surface area contributed by atoms with Gasteiger partial charge in [-0.05, 0) is 6.92 Å². The van der Waals surface area contributed by atoms with Crippen molar-refractivity contribution < 1.29 is 21.1 Å². The predicted molar refractivity (Wildman–Crippen MR) is 22.7 cm³/mol. The van der Waals surface area contributed by atoms with E-state index in [2.05, 4.69) is 5.32 Å². The molecule has 0 aromatic heterocycles. The van der Waals surface area contributed by atoms with E-state index in [0.717, 1.165) is 0 Å². The molecule has 0 rings (SSSR count). The van der Waals surface area contributed by atoms with Crippen LogP contribution in [-0.4, -0.2) is 12.9 Å². The van der Waals surface area contributed by atoms with Gasteiger partial charge in [-0.3, -0.25) is 0 Å². The van der Waals surface area contributed by atoms with E-state index in [1.165, 1.54) is 0 Å². The second-order valence-corrected chi connectivity index (χ2v) is 0.809. The Morgan fingerprint density at radius 2 is 1.83 bits per heavy atom. The molecular formula is C3H7N2W-. The zero-order valence-corrected chi connectivity index (χ0v) is 6.79. The molecule has 0 saturated heterocycles. The van der Waals surface area contributed by atoms with Gasteiger partial charge in [-0.2, -0.15) is 0 Å². The summed E-state index contributed by atoms with van der Waals surface area (Å²) in [5.74, 6) is 0.380. The van der Waals surface area contributed by atoms with Crippen molar-refractivity contribution in [1.82, 2.24) is 0 Å². The summed E-state index contributed by atoms with van der Waals surface area (Å²) in [6.45, 7) is 1.64. The fourth-order valence-electron chi connectivity index (χ4n) is 0. The van der Waals surface area contributed by atoms with E-state index in [-0.39, 0.29) is 21.1 Å². The minimum absolute atomic E-state index is 0. The van der Waals surface area contributed by atoms with E-state index >= 15 is 0 Å². The third-order valence-electron chi connectivity index (χ3n) is 0.335. The van der Waals surface area contributed by atoms with Crippen molar-refractivity contribution >= 4 is 5.84 Å². The molecule has 3 heteroatoms. The number of nitrogens with one attached hydrogen (secondary N) is 1. The standard InChI is InChI=1S/C3H7N2.W/c1-3(4)5-2;/h1-2H3,(H-,4,5);/q-1;. The van der Waals surface area contributed by atoms with E-state index in [1.807, 2.05) is 0 Å². The molecule has 6 heavy (non-hydrogen) atoms. The van der Waals surface area contributed by atoms with E-state index in [4.69, 9.17) is 5.41 Å². The Bertz CT molecular complexity index is 44.1. The zero-order chi connectivity index (χ0) is 4.28. The van der Waals surface area contributed by atoms with Gasteiger partial charge in [-0.25, -0.2) is 0 Å². The Morgan fingerprint density at radius 3 is 1.83 bits per heavy atom. The molecule has 0 aliphatic heterocycles. The molecule has 2 nitrogen and oxygen atoms in total. The largest absolute Gasteiger partial charge is 0.486 e. The normalized spacial score (nSPS) is 5.67. The molecule has 0 atom stereocenters. The van der Waals surface area contributed by atoms with Crippen LogP contribution in [0.1, 0.15) is 6.92 Å². The van der Waals surface area contributed by atoms with Crippen molar-refractivity contribution in [3.05, 3.63) is 5.32 Å². The summed E-state index contributed by atoms with van der Waals surface area (Å²) in [4.78, 5) is 0. The molecule has 36 valence electrons. The summed E-state index contributed by atoms with van der Waals surface area (Å²) < 4.78 is 0. The maximum Gasteiger partial charge on any atom is 0 e. The number of hydrogen-bond donors (Lipinski definition) is 1. The molecule has 0 radical (unpaired) electrons. The Labute approximate surface area is 52.1 Å².